The van der Waals surface area contributed by atoms with Crippen LogP contribution in [0.15, 0.2) is 54.7 Å². The zero-order chi connectivity index (χ0) is 20.4. The third-order valence-electron chi connectivity index (χ3n) is 5.81. The van der Waals surface area contributed by atoms with Gasteiger partial charge in [-0.05, 0) is 55.7 Å². The summed E-state index contributed by atoms with van der Waals surface area (Å²) in [6, 6.07) is 13.8. The first kappa shape index (κ1) is 19.3. The molecule has 1 atom stereocenters. The second-order valence-corrected chi connectivity index (χ2v) is 7.57. The lowest BCUT2D eigenvalue weighted by atomic mass is 9.98. The molecule has 1 aliphatic heterocycles. The van der Waals surface area contributed by atoms with Crippen molar-refractivity contribution in [2.24, 2.45) is 0 Å². The van der Waals surface area contributed by atoms with Crippen LogP contribution >= 0.6 is 0 Å². The first-order valence-corrected chi connectivity index (χ1v) is 10.0. The quantitative estimate of drug-likeness (QED) is 0.670. The van der Waals surface area contributed by atoms with E-state index in [1.54, 1.807) is 7.11 Å². The number of aromatic amines is 1. The van der Waals surface area contributed by atoms with Gasteiger partial charge >= 0.3 is 0 Å². The van der Waals surface area contributed by atoms with Crippen molar-refractivity contribution in [1.29, 1.82) is 0 Å². The zero-order valence-corrected chi connectivity index (χ0v) is 17.2. The minimum Gasteiger partial charge on any atom is -0.497 e. The van der Waals surface area contributed by atoms with Crippen LogP contribution in [0.3, 0.4) is 0 Å². The van der Waals surface area contributed by atoms with E-state index >= 15 is 0 Å². The van der Waals surface area contributed by atoms with Gasteiger partial charge in [0.25, 0.3) is 0 Å². The fraction of sp³-hybridized carbons (Fsp3) is 0.292. The molecule has 5 heteroatoms. The third kappa shape index (κ3) is 3.91. The van der Waals surface area contributed by atoms with Crippen LogP contribution in [0.5, 0.6) is 5.75 Å². The highest BCUT2D eigenvalue weighted by Gasteiger charge is 2.24. The van der Waals surface area contributed by atoms with Crippen LogP contribution in [0, 0.1) is 6.92 Å². The Hall–Kier alpha value is -3.05. The molecule has 3 aromatic rings. The number of hydrogen-bond donors (Lipinski definition) is 2. The topological polar surface area (TPSA) is 57.4 Å². The maximum absolute atomic E-state index is 12.7. The smallest absolute Gasteiger partial charge is 0.241 e. The number of aromatic nitrogens is 1. The first-order chi connectivity index (χ1) is 14.1. The Morgan fingerprint density at radius 2 is 2.07 bits per heavy atom. The molecule has 1 aliphatic rings. The molecule has 0 spiro atoms. The number of H-pyrrole nitrogens is 1. The van der Waals surface area contributed by atoms with Gasteiger partial charge in [0, 0.05) is 41.4 Å². The lowest BCUT2D eigenvalue weighted by Crippen LogP contribution is -2.44. The molecule has 2 N–H and O–H groups in total. The predicted octanol–water partition coefficient (Wildman–Crippen LogP) is 4.60. The lowest BCUT2D eigenvalue weighted by Gasteiger charge is -2.31. The highest BCUT2D eigenvalue weighted by molar-refractivity contribution is 5.96. The van der Waals surface area contributed by atoms with Crippen molar-refractivity contribution in [1.82, 2.24) is 9.88 Å². The van der Waals surface area contributed by atoms with E-state index in [2.05, 4.69) is 33.5 Å². The van der Waals surface area contributed by atoms with Gasteiger partial charge in [-0.3, -0.25) is 9.69 Å². The van der Waals surface area contributed by atoms with Crippen LogP contribution in [-0.2, 0) is 4.79 Å². The summed E-state index contributed by atoms with van der Waals surface area (Å²) < 4.78 is 5.38. The summed E-state index contributed by atoms with van der Waals surface area (Å²) in [5.74, 6) is 0.894. The highest BCUT2D eigenvalue weighted by Crippen LogP contribution is 2.32. The summed E-state index contributed by atoms with van der Waals surface area (Å²) in [6.45, 7) is 5.59. The molecule has 150 valence electrons. The van der Waals surface area contributed by atoms with Crippen molar-refractivity contribution in [2.75, 3.05) is 25.5 Å². The van der Waals surface area contributed by atoms with Gasteiger partial charge < -0.3 is 15.0 Å². The first-order valence-electron chi connectivity index (χ1n) is 10.0. The van der Waals surface area contributed by atoms with Gasteiger partial charge in [0.1, 0.15) is 5.75 Å². The number of hydrogen-bond acceptors (Lipinski definition) is 3. The molecule has 0 aliphatic carbocycles. The molecular formula is C24H27N3O2. The average molecular weight is 389 g/mol. The minimum absolute atomic E-state index is 0.0352. The van der Waals surface area contributed by atoms with E-state index < -0.39 is 0 Å². The number of para-hydroxylation sites is 1. The molecule has 4 rings (SSSR count). The SMILES string of the molecule is COc1ccc2[nH]cc(C3=CCN([C@H](C)C(=O)Nc4ccccc4C)CC3)c2c1. The molecule has 1 aromatic heterocycles. The summed E-state index contributed by atoms with van der Waals surface area (Å²) in [6.07, 6.45) is 5.22. The number of benzene rings is 2. The molecule has 0 saturated heterocycles. The number of rotatable bonds is 5. The Balaban J connectivity index is 1.47. The van der Waals surface area contributed by atoms with Gasteiger partial charge in [-0.15, -0.1) is 0 Å². The van der Waals surface area contributed by atoms with Crippen LogP contribution < -0.4 is 10.1 Å². The Bertz CT molecular complexity index is 1070. The van der Waals surface area contributed by atoms with Gasteiger partial charge in [-0.25, -0.2) is 0 Å². The Morgan fingerprint density at radius 3 is 2.79 bits per heavy atom. The predicted molar refractivity (Wildman–Crippen MR) is 118 cm³/mol. The summed E-state index contributed by atoms with van der Waals surface area (Å²) in [5, 5.41) is 4.24. The van der Waals surface area contributed by atoms with Crippen molar-refractivity contribution in [3.8, 4) is 5.75 Å². The van der Waals surface area contributed by atoms with Crippen LogP contribution in [-0.4, -0.2) is 42.0 Å². The standard InChI is InChI=1S/C24H27N3O2/c1-16-6-4-5-7-22(16)26-24(28)17(2)27-12-10-18(11-13-27)21-15-25-23-9-8-19(29-3)14-20(21)23/h4-10,14-15,17,25H,11-13H2,1-3H3,(H,26,28)/t17-/m1/s1. The molecule has 0 bridgehead atoms. The number of ether oxygens (including phenoxy) is 1. The number of methoxy groups -OCH3 is 1. The van der Waals surface area contributed by atoms with E-state index in [1.165, 1.54) is 16.5 Å². The Morgan fingerprint density at radius 1 is 1.24 bits per heavy atom. The average Bonchev–Trinajstić information content (AvgIpc) is 3.18. The van der Waals surface area contributed by atoms with Crippen molar-refractivity contribution < 1.29 is 9.53 Å². The monoisotopic (exact) mass is 389 g/mol. The Labute approximate surface area is 171 Å². The van der Waals surface area contributed by atoms with Crippen LogP contribution in [0.1, 0.15) is 24.5 Å². The molecular weight excluding hydrogens is 362 g/mol. The van der Waals surface area contributed by atoms with Gasteiger partial charge in [-0.1, -0.05) is 24.3 Å². The maximum Gasteiger partial charge on any atom is 0.241 e. The van der Waals surface area contributed by atoms with Crippen molar-refractivity contribution >= 4 is 28.1 Å². The fourth-order valence-electron chi connectivity index (χ4n) is 3.89. The van der Waals surface area contributed by atoms with Gasteiger partial charge in [0.05, 0.1) is 13.2 Å². The molecule has 29 heavy (non-hydrogen) atoms. The molecule has 0 saturated carbocycles. The van der Waals surface area contributed by atoms with Crippen molar-refractivity contribution in [3.63, 3.8) is 0 Å². The Kier molecular flexibility index (Phi) is 5.41. The number of nitrogens with one attached hydrogen (secondary N) is 2. The molecule has 1 amide bonds. The molecule has 0 fully saturated rings. The summed E-state index contributed by atoms with van der Waals surface area (Å²) in [4.78, 5) is 18.3. The van der Waals surface area contributed by atoms with E-state index in [4.69, 9.17) is 4.74 Å². The normalized spacial score (nSPS) is 15.8. The van der Waals surface area contributed by atoms with Gasteiger partial charge in [-0.2, -0.15) is 0 Å². The van der Waals surface area contributed by atoms with E-state index in [0.29, 0.717) is 0 Å². The number of aryl methyl sites for hydroxylation is 1. The lowest BCUT2D eigenvalue weighted by molar-refractivity contribution is -0.120. The highest BCUT2D eigenvalue weighted by atomic mass is 16.5. The number of amides is 1. The van der Waals surface area contributed by atoms with E-state index in [-0.39, 0.29) is 11.9 Å². The summed E-state index contributed by atoms with van der Waals surface area (Å²) >= 11 is 0. The third-order valence-corrected chi connectivity index (χ3v) is 5.81. The number of carbonyl (C=O) groups is 1. The number of anilines is 1. The molecule has 5 nitrogen and oxygen atoms in total. The zero-order valence-electron chi connectivity index (χ0n) is 17.2. The van der Waals surface area contributed by atoms with E-state index in [9.17, 15) is 4.79 Å². The number of carbonyl (C=O) groups excluding carboxylic acids is 1. The van der Waals surface area contributed by atoms with Crippen LogP contribution in [0.4, 0.5) is 5.69 Å². The van der Waals surface area contributed by atoms with E-state index in [0.717, 1.165) is 42.0 Å². The summed E-state index contributed by atoms with van der Waals surface area (Å²) in [7, 11) is 1.69. The van der Waals surface area contributed by atoms with Gasteiger partial charge in [0.15, 0.2) is 0 Å². The number of nitrogens with zero attached hydrogens (tertiary/aromatic N) is 1. The van der Waals surface area contributed by atoms with Crippen molar-refractivity contribution in [2.45, 2.75) is 26.3 Å². The second-order valence-electron chi connectivity index (χ2n) is 7.57. The minimum atomic E-state index is -0.185. The number of fused-ring (bicyclic) bond motifs is 1. The van der Waals surface area contributed by atoms with Crippen LogP contribution in [0.25, 0.3) is 16.5 Å². The molecule has 0 unspecified atom stereocenters. The summed E-state index contributed by atoms with van der Waals surface area (Å²) in [5.41, 5.74) is 5.59. The molecule has 2 aromatic carbocycles. The largest absolute Gasteiger partial charge is 0.497 e. The molecule has 0 radical (unpaired) electrons. The van der Waals surface area contributed by atoms with Crippen LogP contribution in [0.2, 0.25) is 0 Å². The second kappa shape index (κ2) is 8.13. The van der Waals surface area contributed by atoms with E-state index in [1.807, 2.05) is 50.2 Å². The maximum atomic E-state index is 12.7. The fourth-order valence-corrected chi connectivity index (χ4v) is 3.89. The van der Waals surface area contributed by atoms with Gasteiger partial charge in [0.2, 0.25) is 5.91 Å². The van der Waals surface area contributed by atoms with Crippen molar-refractivity contribution in [3.05, 3.63) is 65.9 Å². The molecule has 2 heterocycles.